The first kappa shape index (κ1) is 13.3. The lowest BCUT2D eigenvalue weighted by Gasteiger charge is -2.02. The van der Waals surface area contributed by atoms with Crippen LogP contribution in [0.1, 0.15) is 18.2 Å². The highest BCUT2D eigenvalue weighted by molar-refractivity contribution is 7.15. The summed E-state index contributed by atoms with van der Waals surface area (Å²) in [5.41, 5.74) is 1.32. The fourth-order valence-electron chi connectivity index (χ4n) is 2.36. The molecule has 0 unspecified atom stereocenters. The van der Waals surface area contributed by atoms with Gasteiger partial charge >= 0.3 is 0 Å². The first-order valence-electron chi connectivity index (χ1n) is 7.15. The minimum atomic E-state index is 0.978. The van der Waals surface area contributed by atoms with Crippen molar-refractivity contribution in [3.8, 4) is 10.4 Å². The molecule has 1 heterocycles. The van der Waals surface area contributed by atoms with Gasteiger partial charge in [-0.2, -0.15) is 0 Å². The Morgan fingerprint density at radius 3 is 2.65 bits per heavy atom. The third-order valence-electron chi connectivity index (χ3n) is 3.42. The molecular weight excluding hydrogens is 262 g/mol. The van der Waals surface area contributed by atoms with Gasteiger partial charge in [-0.25, -0.2) is 0 Å². The van der Waals surface area contributed by atoms with Crippen LogP contribution in [0.4, 0.5) is 0 Å². The Morgan fingerprint density at radius 1 is 0.950 bits per heavy atom. The molecule has 102 valence electrons. The largest absolute Gasteiger partial charge is 0.312 e. The van der Waals surface area contributed by atoms with Crippen molar-refractivity contribution >= 4 is 22.1 Å². The Labute approximate surface area is 124 Å². The van der Waals surface area contributed by atoms with Gasteiger partial charge in [-0.1, -0.05) is 43.3 Å². The topological polar surface area (TPSA) is 12.0 Å². The molecule has 0 fully saturated rings. The zero-order valence-electron chi connectivity index (χ0n) is 11.7. The van der Waals surface area contributed by atoms with Crippen molar-refractivity contribution in [2.75, 3.05) is 6.54 Å². The molecule has 0 amide bonds. The monoisotopic (exact) mass is 281 g/mol. The van der Waals surface area contributed by atoms with E-state index in [0.29, 0.717) is 0 Å². The smallest absolute Gasteiger partial charge is 0.0346 e. The van der Waals surface area contributed by atoms with Gasteiger partial charge in [0.1, 0.15) is 0 Å². The van der Waals surface area contributed by atoms with Crippen LogP contribution in [-0.2, 0) is 6.54 Å². The number of rotatable bonds is 5. The summed E-state index contributed by atoms with van der Waals surface area (Å²) in [7, 11) is 0. The van der Waals surface area contributed by atoms with Crippen molar-refractivity contribution in [1.29, 1.82) is 0 Å². The second kappa shape index (κ2) is 6.21. The van der Waals surface area contributed by atoms with E-state index in [4.69, 9.17) is 0 Å². The first-order chi connectivity index (χ1) is 9.86. The zero-order chi connectivity index (χ0) is 13.8. The van der Waals surface area contributed by atoms with Crippen LogP contribution in [0, 0.1) is 0 Å². The summed E-state index contributed by atoms with van der Waals surface area (Å²) in [6.45, 7) is 4.26. The first-order valence-corrected chi connectivity index (χ1v) is 7.97. The molecule has 20 heavy (non-hydrogen) atoms. The number of benzene rings is 2. The molecule has 0 spiro atoms. The lowest BCUT2D eigenvalue weighted by atomic mass is 10.1. The highest BCUT2D eigenvalue weighted by Crippen LogP contribution is 2.30. The van der Waals surface area contributed by atoms with Crippen LogP contribution in [0.15, 0.2) is 54.6 Å². The number of thiophene rings is 1. The van der Waals surface area contributed by atoms with E-state index < -0.39 is 0 Å². The summed E-state index contributed by atoms with van der Waals surface area (Å²) in [5, 5.41) is 6.07. The van der Waals surface area contributed by atoms with Gasteiger partial charge in [0.05, 0.1) is 0 Å². The molecule has 3 aromatic rings. The van der Waals surface area contributed by atoms with Crippen LogP contribution in [0.25, 0.3) is 21.2 Å². The highest BCUT2D eigenvalue weighted by atomic mass is 32.1. The summed E-state index contributed by atoms with van der Waals surface area (Å²) < 4.78 is 0. The minimum absolute atomic E-state index is 0.978. The molecule has 3 rings (SSSR count). The van der Waals surface area contributed by atoms with Gasteiger partial charge in [0.15, 0.2) is 0 Å². The molecule has 0 aliphatic carbocycles. The molecule has 0 saturated heterocycles. The maximum atomic E-state index is 3.46. The molecule has 1 nitrogen and oxygen atoms in total. The zero-order valence-corrected chi connectivity index (χ0v) is 12.5. The molecule has 0 atom stereocenters. The van der Waals surface area contributed by atoms with Crippen LogP contribution in [-0.4, -0.2) is 6.54 Å². The molecule has 2 aromatic carbocycles. The SMILES string of the molecule is CCCNCc1ccc(-c2ccc3ccccc3c2)s1. The van der Waals surface area contributed by atoms with Crippen LogP contribution >= 0.6 is 11.3 Å². The predicted molar refractivity (Wildman–Crippen MR) is 89.3 cm³/mol. The highest BCUT2D eigenvalue weighted by Gasteiger charge is 2.03. The van der Waals surface area contributed by atoms with Crippen molar-refractivity contribution in [3.63, 3.8) is 0 Å². The number of fused-ring (bicyclic) bond motifs is 1. The third kappa shape index (κ3) is 2.92. The second-order valence-corrected chi connectivity index (χ2v) is 6.17. The average Bonchev–Trinajstić information content (AvgIpc) is 2.96. The van der Waals surface area contributed by atoms with Crippen LogP contribution in [0.5, 0.6) is 0 Å². The van der Waals surface area contributed by atoms with Crippen molar-refractivity contribution in [2.45, 2.75) is 19.9 Å². The molecule has 0 saturated carbocycles. The maximum absolute atomic E-state index is 3.46. The van der Waals surface area contributed by atoms with Gasteiger partial charge in [-0.15, -0.1) is 11.3 Å². The lowest BCUT2D eigenvalue weighted by Crippen LogP contribution is -2.12. The van der Waals surface area contributed by atoms with Crippen molar-refractivity contribution < 1.29 is 0 Å². The van der Waals surface area contributed by atoms with Crippen molar-refractivity contribution in [1.82, 2.24) is 5.32 Å². The molecule has 0 aliphatic rings. The molecule has 1 N–H and O–H groups in total. The van der Waals surface area contributed by atoms with Crippen LogP contribution in [0.3, 0.4) is 0 Å². The molecule has 0 bridgehead atoms. The quantitative estimate of drug-likeness (QED) is 0.644. The minimum Gasteiger partial charge on any atom is -0.312 e. The van der Waals surface area contributed by atoms with E-state index in [2.05, 4.69) is 66.8 Å². The second-order valence-electron chi connectivity index (χ2n) is 5.00. The van der Waals surface area contributed by atoms with E-state index in [-0.39, 0.29) is 0 Å². The van der Waals surface area contributed by atoms with Gasteiger partial charge in [-0.05, 0) is 47.5 Å². The van der Waals surface area contributed by atoms with Gasteiger partial charge in [0.2, 0.25) is 0 Å². The Balaban J connectivity index is 1.83. The Bertz CT molecular complexity index is 699. The molecule has 1 aromatic heterocycles. The van der Waals surface area contributed by atoms with Crippen molar-refractivity contribution in [3.05, 3.63) is 59.5 Å². The molecule has 0 radical (unpaired) electrons. The molecule has 0 aliphatic heterocycles. The van der Waals surface area contributed by atoms with Crippen LogP contribution in [0.2, 0.25) is 0 Å². The molecular formula is C18H19NS. The van der Waals surface area contributed by atoms with Gasteiger partial charge in [0.25, 0.3) is 0 Å². The Hall–Kier alpha value is -1.64. The summed E-state index contributed by atoms with van der Waals surface area (Å²) in [6, 6.07) is 19.7. The number of hydrogen-bond acceptors (Lipinski definition) is 2. The van der Waals surface area contributed by atoms with E-state index in [1.54, 1.807) is 0 Å². The van der Waals surface area contributed by atoms with Gasteiger partial charge in [0, 0.05) is 16.3 Å². The predicted octanol–water partition coefficient (Wildman–Crippen LogP) is 5.07. The Morgan fingerprint density at radius 2 is 1.80 bits per heavy atom. The van der Waals surface area contributed by atoms with E-state index in [9.17, 15) is 0 Å². The van der Waals surface area contributed by atoms with Gasteiger partial charge < -0.3 is 5.32 Å². The third-order valence-corrected chi connectivity index (χ3v) is 4.56. The molecule has 2 heteroatoms. The van der Waals surface area contributed by atoms with E-state index in [1.165, 1.54) is 32.5 Å². The van der Waals surface area contributed by atoms with Crippen LogP contribution < -0.4 is 5.32 Å². The summed E-state index contributed by atoms with van der Waals surface area (Å²) in [5.74, 6) is 0. The van der Waals surface area contributed by atoms with Gasteiger partial charge in [-0.3, -0.25) is 0 Å². The van der Waals surface area contributed by atoms with E-state index >= 15 is 0 Å². The maximum Gasteiger partial charge on any atom is 0.0346 e. The normalized spacial score (nSPS) is 11.1. The number of hydrogen-bond donors (Lipinski definition) is 1. The average molecular weight is 281 g/mol. The van der Waals surface area contributed by atoms with E-state index in [0.717, 1.165) is 13.1 Å². The van der Waals surface area contributed by atoms with E-state index in [1.807, 2.05) is 11.3 Å². The Kier molecular flexibility index (Phi) is 4.14. The fraction of sp³-hybridized carbons (Fsp3) is 0.222. The summed E-state index contributed by atoms with van der Waals surface area (Å²) in [4.78, 5) is 2.76. The summed E-state index contributed by atoms with van der Waals surface area (Å²) >= 11 is 1.88. The summed E-state index contributed by atoms with van der Waals surface area (Å²) in [6.07, 6.45) is 1.18. The fourth-order valence-corrected chi connectivity index (χ4v) is 3.33. The standard InChI is InChI=1S/C18H19NS/c1-2-11-19-13-17-9-10-18(20-17)16-8-7-14-5-3-4-6-15(14)12-16/h3-10,12,19H,2,11,13H2,1H3. The van der Waals surface area contributed by atoms with Crippen molar-refractivity contribution in [2.24, 2.45) is 0 Å². The lowest BCUT2D eigenvalue weighted by molar-refractivity contribution is 0.681. The number of nitrogens with one attached hydrogen (secondary N) is 1.